The summed E-state index contributed by atoms with van der Waals surface area (Å²) in [6, 6.07) is 7.19. The van der Waals surface area contributed by atoms with Gasteiger partial charge in [0.05, 0.1) is 5.76 Å². The number of hydrogen-bond donors (Lipinski definition) is 2. The number of allylic oxidation sites excluding steroid dienone is 4. The van der Waals surface area contributed by atoms with E-state index in [2.05, 4.69) is 6.92 Å². The van der Waals surface area contributed by atoms with E-state index >= 15 is 0 Å². The smallest absolute Gasteiger partial charge is 0.115 e. The van der Waals surface area contributed by atoms with Crippen molar-refractivity contribution in [1.82, 2.24) is 0 Å². The van der Waals surface area contributed by atoms with Crippen molar-refractivity contribution in [3.8, 4) is 5.75 Å². The van der Waals surface area contributed by atoms with E-state index < -0.39 is 0 Å². The van der Waals surface area contributed by atoms with Crippen LogP contribution in [0, 0.1) is 5.92 Å². The first-order valence-corrected chi connectivity index (χ1v) is 5.53. The van der Waals surface area contributed by atoms with Gasteiger partial charge in [0.25, 0.3) is 0 Å². The van der Waals surface area contributed by atoms with Crippen molar-refractivity contribution in [2.45, 2.75) is 19.8 Å². The molecule has 1 aromatic rings. The van der Waals surface area contributed by atoms with Crippen molar-refractivity contribution in [2.24, 2.45) is 5.92 Å². The van der Waals surface area contributed by atoms with Crippen molar-refractivity contribution in [3.63, 3.8) is 0 Å². The molecular weight excluding hydrogens is 200 g/mol. The van der Waals surface area contributed by atoms with Crippen LogP contribution in [-0.4, -0.2) is 10.2 Å². The van der Waals surface area contributed by atoms with Crippen LogP contribution in [0.4, 0.5) is 0 Å². The van der Waals surface area contributed by atoms with Crippen molar-refractivity contribution in [1.29, 1.82) is 0 Å². The highest BCUT2D eigenvalue weighted by Gasteiger charge is 2.12. The molecule has 2 nitrogen and oxygen atoms in total. The van der Waals surface area contributed by atoms with Crippen LogP contribution in [0.5, 0.6) is 5.75 Å². The molecule has 2 N–H and O–H groups in total. The van der Waals surface area contributed by atoms with Gasteiger partial charge in [0.1, 0.15) is 5.75 Å². The monoisotopic (exact) mass is 216 g/mol. The fraction of sp³-hybridized carbons (Fsp3) is 0.286. The highest BCUT2D eigenvalue weighted by Crippen LogP contribution is 2.29. The Morgan fingerprint density at radius 1 is 1.00 bits per heavy atom. The van der Waals surface area contributed by atoms with E-state index in [0.717, 1.165) is 18.4 Å². The average molecular weight is 216 g/mol. The van der Waals surface area contributed by atoms with E-state index in [0.29, 0.717) is 11.7 Å². The van der Waals surface area contributed by atoms with E-state index in [1.807, 2.05) is 18.2 Å². The molecule has 1 unspecified atom stereocenters. The first kappa shape index (κ1) is 10.8. The second-order valence-electron chi connectivity index (χ2n) is 4.41. The van der Waals surface area contributed by atoms with E-state index in [-0.39, 0.29) is 5.75 Å². The van der Waals surface area contributed by atoms with Crippen LogP contribution in [-0.2, 0) is 0 Å². The third-order valence-electron chi connectivity index (χ3n) is 2.84. The number of aliphatic hydroxyl groups is 1. The molecule has 1 aliphatic carbocycles. The lowest BCUT2D eigenvalue weighted by Crippen LogP contribution is -1.96. The Bertz CT molecular complexity index is 427. The second kappa shape index (κ2) is 4.44. The van der Waals surface area contributed by atoms with Crippen LogP contribution in [0.1, 0.15) is 25.3 Å². The van der Waals surface area contributed by atoms with E-state index in [4.69, 9.17) is 0 Å². The molecule has 0 saturated heterocycles. The molecule has 0 radical (unpaired) electrons. The van der Waals surface area contributed by atoms with Crippen LogP contribution in [0.25, 0.3) is 5.57 Å². The van der Waals surface area contributed by atoms with Crippen molar-refractivity contribution >= 4 is 5.57 Å². The highest BCUT2D eigenvalue weighted by atomic mass is 16.3. The van der Waals surface area contributed by atoms with Gasteiger partial charge in [0.2, 0.25) is 0 Å². The zero-order chi connectivity index (χ0) is 11.5. The molecule has 0 heterocycles. The van der Waals surface area contributed by atoms with Gasteiger partial charge in [-0.2, -0.15) is 0 Å². The molecule has 0 saturated carbocycles. The molecule has 2 rings (SSSR count). The van der Waals surface area contributed by atoms with Gasteiger partial charge in [-0.3, -0.25) is 0 Å². The first-order chi connectivity index (χ1) is 7.65. The molecule has 2 heteroatoms. The maximum Gasteiger partial charge on any atom is 0.115 e. The maximum absolute atomic E-state index is 9.54. The Hall–Kier alpha value is -1.70. The Balaban J connectivity index is 2.29. The summed E-state index contributed by atoms with van der Waals surface area (Å²) in [5, 5.41) is 18.8. The van der Waals surface area contributed by atoms with Gasteiger partial charge in [-0.05, 0) is 41.7 Å². The molecule has 0 bridgehead atoms. The molecule has 1 atom stereocenters. The van der Waals surface area contributed by atoms with Crippen LogP contribution in [0.3, 0.4) is 0 Å². The van der Waals surface area contributed by atoms with E-state index in [1.54, 1.807) is 18.2 Å². The number of phenolic OH excluding ortho intramolecular Hbond substituents is 1. The number of benzene rings is 1. The normalized spacial score (nSPS) is 20.9. The minimum absolute atomic E-state index is 0.282. The minimum atomic E-state index is 0.282. The first-order valence-electron chi connectivity index (χ1n) is 5.53. The lowest BCUT2D eigenvalue weighted by molar-refractivity contribution is 0.361. The Morgan fingerprint density at radius 3 is 2.38 bits per heavy atom. The molecule has 0 aromatic heterocycles. The molecule has 84 valence electrons. The summed E-state index contributed by atoms with van der Waals surface area (Å²) in [5.74, 6) is 1.17. The molecule has 1 aliphatic rings. The van der Waals surface area contributed by atoms with Crippen molar-refractivity contribution in [2.75, 3.05) is 0 Å². The lowest BCUT2D eigenvalue weighted by Gasteiger charge is -2.11. The van der Waals surface area contributed by atoms with Gasteiger partial charge in [-0.1, -0.05) is 25.1 Å². The van der Waals surface area contributed by atoms with E-state index in [9.17, 15) is 10.2 Å². The summed E-state index contributed by atoms with van der Waals surface area (Å²) in [7, 11) is 0. The fourth-order valence-electron chi connectivity index (χ4n) is 2.03. The summed E-state index contributed by atoms with van der Waals surface area (Å²) in [6.45, 7) is 2.13. The Labute approximate surface area is 95.6 Å². The van der Waals surface area contributed by atoms with Gasteiger partial charge in [-0.25, -0.2) is 0 Å². The number of phenols is 1. The van der Waals surface area contributed by atoms with Crippen molar-refractivity contribution < 1.29 is 10.2 Å². The summed E-state index contributed by atoms with van der Waals surface area (Å²) < 4.78 is 0. The largest absolute Gasteiger partial charge is 0.512 e. The molecule has 16 heavy (non-hydrogen) atoms. The lowest BCUT2D eigenvalue weighted by atomic mass is 9.94. The third-order valence-corrected chi connectivity index (χ3v) is 2.84. The summed E-state index contributed by atoms with van der Waals surface area (Å²) in [4.78, 5) is 0. The zero-order valence-corrected chi connectivity index (χ0v) is 9.35. The molecule has 0 spiro atoms. The number of rotatable bonds is 1. The van der Waals surface area contributed by atoms with Crippen LogP contribution < -0.4 is 0 Å². The standard InChI is InChI=1S/C14H16O2/c1-10-8-12(4-7-14(16)9-10)11-2-5-13(15)6-3-11/h2-7,10,15-16H,8-9H2,1H3. The highest BCUT2D eigenvalue weighted by molar-refractivity contribution is 5.68. The summed E-state index contributed by atoms with van der Waals surface area (Å²) >= 11 is 0. The average Bonchev–Trinajstić information content (AvgIpc) is 2.41. The van der Waals surface area contributed by atoms with Crippen molar-refractivity contribution in [3.05, 3.63) is 47.7 Å². The number of aliphatic hydroxyl groups excluding tert-OH is 1. The van der Waals surface area contributed by atoms with E-state index in [1.165, 1.54) is 5.57 Å². The van der Waals surface area contributed by atoms with Crippen LogP contribution >= 0.6 is 0 Å². The van der Waals surface area contributed by atoms with Gasteiger partial charge in [0.15, 0.2) is 0 Å². The molecule has 0 amide bonds. The van der Waals surface area contributed by atoms with Gasteiger partial charge < -0.3 is 10.2 Å². The Kier molecular flexibility index (Phi) is 3.00. The fourth-order valence-corrected chi connectivity index (χ4v) is 2.03. The topological polar surface area (TPSA) is 40.5 Å². The number of aromatic hydroxyl groups is 1. The predicted octanol–water partition coefficient (Wildman–Crippen LogP) is 3.65. The maximum atomic E-state index is 9.54. The summed E-state index contributed by atoms with van der Waals surface area (Å²) in [6.07, 6.45) is 5.42. The minimum Gasteiger partial charge on any atom is -0.512 e. The SMILES string of the molecule is CC1CC(O)=CC=C(c2ccc(O)cc2)C1. The third kappa shape index (κ3) is 2.45. The molecule has 1 aromatic carbocycles. The van der Waals surface area contributed by atoms with Gasteiger partial charge in [-0.15, -0.1) is 0 Å². The van der Waals surface area contributed by atoms with Gasteiger partial charge >= 0.3 is 0 Å². The predicted molar refractivity (Wildman–Crippen MR) is 65.2 cm³/mol. The molecule has 0 fully saturated rings. The van der Waals surface area contributed by atoms with Crippen LogP contribution in [0.2, 0.25) is 0 Å². The summed E-state index contributed by atoms with van der Waals surface area (Å²) in [5.41, 5.74) is 2.31. The number of hydrogen-bond acceptors (Lipinski definition) is 2. The molecule has 0 aliphatic heterocycles. The quantitative estimate of drug-likeness (QED) is 0.752. The van der Waals surface area contributed by atoms with Gasteiger partial charge in [0, 0.05) is 6.42 Å². The Morgan fingerprint density at radius 2 is 1.69 bits per heavy atom. The molecular formula is C14H16O2. The second-order valence-corrected chi connectivity index (χ2v) is 4.41. The van der Waals surface area contributed by atoms with Crippen LogP contribution in [0.15, 0.2) is 42.2 Å². The zero-order valence-electron chi connectivity index (χ0n) is 9.35.